The molecule has 0 aliphatic carbocycles. The van der Waals surface area contributed by atoms with Gasteiger partial charge in [0.25, 0.3) is 0 Å². The summed E-state index contributed by atoms with van der Waals surface area (Å²) < 4.78 is 1.07. The van der Waals surface area contributed by atoms with E-state index in [9.17, 15) is 0 Å². The van der Waals surface area contributed by atoms with E-state index in [1.54, 1.807) is 0 Å². The summed E-state index contributed by atoms with van der Waals surface area (Å²) in [7, 11) is 0. The van der Waals surface area contributed by atoms with Gasteiger partial charge in [-0.05, 0) is 0 Å². The molecule has 0 amide bonds. The number of aromatic nitrogens is 1. The number of aliphatic hydroxyl groups excluding tert-OH is 1. The summed E-state index contributed by atoms with van der Waals surface area (Å²) in [5, 5.41) is 12.9. The van der Waals surface area contributed by atoms with E-state index in [1.165, 1.54) is 0 Å². The molecule has 1 aromatic heterocycles. The molecule has 1 radical (unpaired) electrons. The summed E-state index contributed by atoms with van der Waals surface area (Å²) in [6.45, 7) is 0.233. The minimum absolute atomic E-state index is 0.0482. The summed E-state index contributed by atoms with van der Waals surface area (Å²) in [6, 6.07) is 13.5. The molecule has 0 saturated heterocycles. The van der Waals surface area contributed by atoms with Gasteiger partial charge in [-0.1, -0.05) is 0 Å². The predicted molar refractivity (Wildman–Crippen MR) is 75.7 cm³/mol. The Morgan fingerprint density at radius 3 is 2.67 bits per heavy atom. The molecule has 4 nitrogen and oxygen atoms in total. The SMILES string of the molecule is Nc1ccc(Nc2cccc([As]CCO)n2)cc1. The normalized spacial score (nSPS) is 10.9. The van der Waals surface area contributed by atoms with Crippen LogP contribution in [0.25, 0.3) is 0 Å². The first kappa shape index (κ1) is 12.9. The van der Waals surface area contributed by atoms with Crippen LogP contribution >= 0.6 is 0 Å². The minimum atomic E-state index is -0.0482. The van der Waals surface area contributed by atoms with E-state index < -0.39 is 0 Å². The van der Waals surface area contributed by atoms with Crippen molar-refractivity contribution in [2.45, 2.75) is 5.21 Å². The van der Waals surface area contributed by atoms with Crippen molar-refractivity contribution in [2.24, 2.45) is 0 Å². The van der Waals surface area contributed by atoms with Gasteiger partial charge in [-0.2, -0.15) is 0 Å². The van der Waals surface area contributed by atoms with E-state index in [0.29, 0.717) is 0 Å². The van der Waals surface area contributed by atoms with Crippen molar-refractivity contribution < 1.29 is 5.11 Å². The van der Waals surface area contributed by atoms with E-state index in [1.807, 2.05) is 42.5 Å². The quantitative estimate of drug-likeness (QED) is 0.572. The van der Waals surface area contributed by atoms with Crippen LogP contribution in [0.2, 0.25) is 5.21 Å². The van der Waals surface area contributed by atoms with Gasteiger partial charge in [-0.25, -0.2) is 0 Å². The standard InChI is InChI=1S/C13H15AsN3O/c15-10-4-6-11(7-5-10)16-13-3-1-2-12(17-13)14-8-9-18/h1-7,18H,8-9,15H2,(H,16,17). The van der Waals surface area contributed by atoms with Crippen molar-refractivity contribution in [3.63, 3.8) is 0 Å². The third kappa shape index (κ3) is 3.76. The fourth-order valence-electron chi connectivity index (χ4n) is 1.46. The van der Waals surface area contributed by atoms with Gasteiger partial charge in [0.1, 0.15) is 0 Å². The number of benzene rings is 1. The maximum absolute atomic E-state index is 8.83. The third-order valence-electron chi connectivity index (χ3n) is 2.29. The van der Waals surface area contributed by atoms with Crippen LogP contribution in [0.15, 0.2) is 42.5 Å². The van der Waals surface area contributed by atoms with Crippen molar-refractivity contribution in [1.29, 1.82) is 0 Å². The average molecular weight is 304 g/mol. The molecule has 93 valence electrons. The van der Waals surface area contributed by atoms with Crippen LogP contribution < -0.4 is 15.5 Å². The summed E-state index contributed by atoms with van der Waals surface area (Å²) >= 11 is -0.0482. The van der Waals surface area contributed by atoms with Crippen molar-refractivity contribution in [1.82, 2.24) is 4.98 Å². The second-order valence-corrected chi connectivity index (χ2v) is 6.30. The van der Waals surface area contributed by atoms with Gasteiger partial charge in [0.05, 0.1) is 0 Å². The van der Waals surface area contributed by atoms with Crippen molar-refractivity contribution in [3.8, 4) is 0 Å². The van der Waals surface area contributed by atoms with E-state index in [0.717, 1.165) is 26.9 Å². The van der Waals surface area contributed by atoms with Crippen LogP contribution in [-0.2, 0) is 0 Å². The Kier molecular flexibility index (Phi) is 4.62. The Morgan fingerprint density at radius 2 is 1.94 bits per heavy atom. The summed E-state index contributed by atoms with van der Waals surface area (Å²) in [6.07, 6.45) is 0. The number of pyridine rings is 1. The average Bonchev–Trinajstić information content (AvgIpc) is 2.40. The molecular weight excluding hydrogens is 289 g/mol. The molecular formula is C13H15AsN3O. The Morgan fingerprint density at radius 1 is 1.17 bits per heavy atom. The molecule has 5 heteroatoms. The van der Waals surface area contributed by atoms with E-state index >= 15 is 0 Å². The molecule has 2 aromatic rings. The van der Waals surface area contributed by atoms with E-state index in [2.05, 4.69) is 10.3 Å². The van der Waals surface area contributed by atoms with Crippen LogP contribution in [0.4, 0.5) is 17.2 Å². The molecule has 0 fully saturated rings. The van der Waals surface area contributed by atoms with Gasteiger partial charge in [0.15, 0.2) is 0 Å². The molecule has 4 N–H and O–H groups in total. The summed E-state index contributed by atoms with van der Waals surface area (Å²) in [5.74, 6) is 0.825. The number of anilines is 3. The number of nitrogens with one attached hydrogen (secondary N) is 1. The fraction of sp³-hybridized carbons (Fsp3) is 0.154. The van der Waals surface area contributed by atoms with Gasteiger partial charge < -0.3 is 0 Å². The summed E-state index contributed by atoms with van der Waals surface area (Å²) in [4.78, 5) is 4.52. The van der Waals surface area contributed by atoms with Gasteiger partial charge in [0.2, 0.25) is 0 Å². The first-order chi connectivity index (χ1) is 8.78. The van der Waals surface area contributed by atoms with Crippen LogP contribution in [0, 0.1) is 0 Å². The Balaban J connectivity index is 2.06. The first-order valence-corrected chi connectivity index (χ1v) is 7.92. The summed E-state index contributed by atoms with van der Waals surface area (Å²) in [5.41, 5.74) is 7.35. The zero-order valence-electron chi connectivity index (χ0n) is 9.87. The molecule has 1 heterocycles. The Labute approximate surface area is 113 Å². The number of rotatable bonds is 5. The number of aliphatic hydroxyl groups is 1. The molecule has 0 aliphatic rings. The molecule has 0 bridgehead atoms. The molecule has 0 saturated carbocycles. The maximum atomic E-state index is 8.83. The first-order valence-electron chi connectivity index (χ1n) is 5.66. The predicted octanol–water partition coefficient (Wildman–Crippen LogP) is 1.15. The zero-order valence-corrected chi connectivity index (χ0v) is 11.8. The van der Waals surface area contributed by atoms with Crippen molar-refractivity contribution >= 4 is 37.4 Å². The van der Waals surface area contributed by atoms with Crippen LogP contribution in [-0.4, -0.2) is 32.4 Å². The van der Waals surface area contributed by atoms with Crippen molar-refractivity contribution in [2.75, 3.05) is 17.7 Å². The number of nitrogens with zero attached hydrogens (tertiary/aromatic N) is 1. The van der Waals surface area contributed by atoms with E-state index in [-0.39, 0.29) is 22.4 Å². The van der Waals surface area contributed by atoms with Crippen LogP contribution in [0.1, 0.15) is 0 Å². The second kappa shape index (κ2) is 6.43. The third-order valence-corrected chi connectivity index (χ3v) is 4.38. The van der Waals surface area contributed by atoms with Crippen molar-refractivity contribution in [3.05, 3.63) is 42.5 Å². The number of hydrogen-bond acceptors (Lipinski definition) is 4. The monoisotopic (exact) mass is 304 g/mol. The number of nitrogen functional groups attached to an aromatic ring is 1. The number of nitrogens with two attached hydrogens (primary N) is 1. The molecule has 0 aliphatic heterocycles. The van der Waals surface area contributed by atoms with Crippen LogP contribution in [0.5, 0.6) is 0 Å². The molecule has 2 rings (SSSR count). The zero-order chi connectivity index (χ0) is 12.8. The van der Waals surface area contributed by atoms with Crippen LogP contribution in [0.3, 0.4) is 0 Å². The van der Waals surface area contributed by atoms with Gasteiger partial charge in [0, 0.05) is 0 Å². The molecule has 0 atom stereocenters. The Bertz CT molecular complexity index is 502. The number of hydrogen-bond donors (Lipinski definition) is 3. The molecule has 18 heavy (non-hydrogen) atoms. The molecule has 1 aromatic carbocycles. The fourth-order valence-corrected chi connectivity index (χ4v) is 2.93. The topological polar surface area (TPSA) is 71.2 Å². The molecule has 0 spiro atoms. The van der Waals surface area contributed by atoms with Gasteiger partial charge in [-0.3, -0.25) is 0 Å². The second-order valence-electron chi connectivity index (χ2n) is 3.73. The van der Waals surface area contributed by atoms with Gasteiger partial charge >= 0.3 is 113 Å². The van der Waals surface area contributed by atoms with E-state index in [4.69, 9.17) is 10.8 Å². The van der Waals surface area contributed by atoms with Gasteiger partial charge in [-0.15, -0.1) is 0 Å². The molecule has 0 unspecified atom stereocenters. The Hall–Kier alpha value is -1.51.